The van der Waals surface area contributed by atoms with Crippen LogP contribution < -0.4 is 11.1 Å². The number of anilines is 1. The van der Waals surface area contributed by atoms with Gasteiger partial charge in [0.25, 0.3) is 11.8 Å². The zero-order chi connectivity index (χ0) is 21.3. The molecule has 0 bridgehead atoms. The molecule has 3 rings (SSSR count). The molecule has 1 saturated heterocycles. The molecule has 156 valence electrons. The van der Waals surface area contributed by atoms with Crippen molar-refractivity contribution in [3.8, 4) is 0 Å². The number of thioether (sulfide) groups is 1. The van der Waals surface area contributed by atoms with E-state index >= 15 is 0 Å². The first-order chi connectivity index (χ1) is 13.6. The number of rotatable bonds is 6. The Morgan fingerprint density at radius 1 is 1.48 bits per heavy atom. The molecular formula is C14H12F3N5O5S2. The van der Waals surface area contributed by atoms with E-state index < -0.39 is 47.7 Å². The smallest absolute Gasteiger partial charge is 0.425 e. The Labute approximate surface area is 168 Å². The van der Waals surface area contributed by atoms with Crippen molar-refractivity contribution >= 4 is 51.7 Å². The van der Waals surface area contributed by atoms with E-state index in [9.17, 15) is 27.6 Å². The van der Waals surface area contributed by atoms with Crippen LogP contribution in [0.4, 0.5) is 18.3 Å². The second-order valence-corrected chi connectivity index (χ2v) is 7.75. The van der Waals surface area contributed by atoms with Crippen molar-refractivity contribution in [2.45, 2.75) is 17.6 Å². The molecule has 29 heavy (non-hydrogen) atoms. The molecule has 10 nitrogen and oxygen atoms in total. The van der Waals surface area contributed by atoms with E-state index in [-0.39, 0.29) is 22.2 Å². The van der Waals surface area contributed by atoms with Gasteiger partial charge in [0.05, 0.1) is 5.57 Å². The third kappa shape index (κ3) is 4.61. The van der Waals surface area contributed by atoms with Crippen LogP contribution in [-0.2, 0) is 19.2 Å². The number of fused-ring (bicyclic) bond motifs is 1. The van der Waals surface area contributed by atoms with Gasteiger partial charge in [-0.2, -0.15) is 13.2 Å². The standard InChI is InChI=1S/C14H12F3N5O5S2/c15-14(16,17)4-27-21-7(6-3-29-13(18)19-6)9(23)20-8-10(24)22-1-5(12(25)26)2-28-11(8)22/h1,3,8,11H,2,4H2,(H2,18,19)(H,20,23)(H,25,26)/t8?,11-/m1/s1. The van der Waals surface area contributed by atoms with E-state index in [0.29, 0.717) is 0 Å². The zero-order valence-corrected chi connectivity index (χ0v) is 15.8. The van der Waals surface area contributed by atoms with Crippen molar-refractivity contribution in [3.63, 3.8) is 0 Å². The first kappa shape index (κ1) is 20.9. The van der Waals surface area contributed by atoms with Crippen LogP contribution in [0.25, 0.3) is 0 Å². The lowest BCUT2D eigenvalue weighted by atomic mass is 10.1. The fourth-order valence-electron chi connectivity index (χ4n) is 2.41. The number of thiazole rings is 1. The van der Waals surface area contributed by atoms with E-state index in [2.05, 4.69) is 20.3 Å². The number of oxime groups is 1. The van der Waals surface area contributed by atoms with Gasteiger partial charge >= 0.3 is 12.1 Å². The normalized spacial score (nSPS) is 21.8. The number of hydrogen-bond acceptors (Lipinski definition) is 9. The molecule has 0 saturated carbocycles. The molecule has 3 heterocycles. The maximum Gasteiger partial charge on any atom is 0.425 e. The highest BCUT2D eigenvalue weighted by atomic mass is 32.2. The largest absolute Gasteiger partial charge is 0.478 e. The molecule has 1 unspecified atom stereocenters. The summed E-state index contributed by atoms with van der Waals surface area (Å²) in [6.07, 6.45) is -3.47. The molecule has 0 aromatic carbocycles. The highest BCUT2D eigenvalue weighted by Gasteiger charge is 2.50. The summed E-state index contributed by atoms with van der Waals surface area (Å²) in [5, 5.41) is 15.4. The fourth-order valence-corrected chi connectivity index (χ4v) is 4.21. The Balaban J connectivity index is 1.73. The van der Waals surface area contributed by atoms with Crippen molar-refractivity contribution < 1.29 is 37.5 Å². The van der Waals surface area contributed by atoms with Gasteiger partial charge in [0.2, 0.25) is 6.61 Å². The number of carboxylic acids is 1. The molecule has 2 aliphatic rings. The van der Waals surface area contributed by atoms with Gasteiger partial charge in [-0.05, 0) is 0 Å². The minimum atomic E-state index is -4.66. The van der Waals surface area contributed by atoms with E-state index in [1.165, 1.54) is 16.5 Å². The number of nitrogens with one attached hydrogen (secondary N) is 1. The molecule has 0 radical (unpaired) electrons. The first-order valence-corrected chi connectivity index (χ1v) is 9.66. The molecular weight excluding hydrogens is 439 g/mol. The lowest BCUT2D eigenvalue weighted by molar-refractivity contribution is -0.174. The van der Waals surface area contributed by atoms with Gasteiger partial charge in [0, 0.05) is 17.3 Å². The van der Waals surface area contributed by atoms with Crippen LogP contribution in [-0.4, -0.2) is 68.4 Å². The van der Waals surface area contributed by atoms with Gasteiger partial charge in [-0.25, -0.2) is 9.78 Å². The molecule has 2 atom stereocenters. The highest BCUT2D eigenvalue weighted by Crippen LogP contribution is 2.36. The Hall–Kier alpha value is -2.81. The SMILES string of the molecule is Nc1nc(C(=NOCC(F)(F)F)C(=O)NC2C(=O)N3C=C(C(=O)O)CS[C@H]23)cs1. The number of amides is 2. The Bertz CT molecular complexity index is 916. The van der Waals surface area contributed by atoms with Crippen LogP contribution in [0.1, 0.15) is 5.69 Å². The maximum atomic E-state index is 12.5. The zero-order valence-electron chi connectivity index (χ0n) is 14.2. The second-order valence-electron chi connectivity index (χ2n) is 5.76. The fraction of sp³-hybridized carbons (Fsp3) is 0.357. The predicted octanol–water partition coefficient (Wildman–Crippen LogP) is 0.377. The lowest BCUT2D eigenvalue weighted by Crippen LogP contribution is -2.69. The summed E-state index contributed by atoms with van der Waals surface area (Å²) in [6, 6.07) is -1.01. The number of aromatic nitrogens is 1. The molecule has 1 fully saturated rings. The number of nitrogens with zero attached hydrogens (tertiary/aromatic N) is 3. The topological polar surface area (TPSA) is 147 Å². The molecule has 0 spiro atoms. The van der Waals surface area contributed by atoms with Gasteiger partial charge in [0.1, 0.15) is 17.1 Å². The number of halogens is 3. The summed E-state index contributed by atoms with van der Waals surface area (Å²) in [5.74, 6) is -2.59. The summed E-state index contributed by atoms with van der Waals surface area (Å²) >= 11 is 2.06. The van der Waals surface area contributed by atoms with E-state index in [4.69, 9.17) is 10.8 Å². The number of aliphatic carboxylic acids is 1. The van der Waals surface area contributed by atoms with Crippen molar-refractivity contribution in [1.82, 2.24) is 15.2 Å². The molecule has 1 aromatic rings. The quantitative estimate of drug-likeness (QED) is 0.319. The number of carbonyl (C=O) groups excluding carboxylic acids is 2. The third-order valence-electron chi connectivity index (χ3n) is 3.71. The Kier molecular flexibility index (Phi) is 5.70. The van der Waals surface area contributed by atoms with Crippen LogP contribution >= 0.6 is 23.1 Å². The van der Waals surface area contributed by atoms with Crippen LogP contribution in [0.5, 0.6) is 0 Å². The highest BCUT2D eigenvalue weighted by molar-refractivity contribution is 8.00. The van der Waals surface area contributed by atoms with Crippen LogP contribution in [0.2, 0.25) is 0 Å². The van der Waals surface area contributed by atoms with E-state index in [1.54, 1.807) is 0 Å². The van der Waals surface area contributed by atoms with E-state index in [0.717, 1.165) is 23.1 Å². The monoisotopic (exact) mass is 451 g/mol. The number of nitrogen functional groups attached to an aromatic ring is 1. The number of nitrogens with two attached hydrogens (primary N) is 1. The molecule has 0 aliphatic carbocycles. The average molecular weight is 451 g/mol. The van der Waals surface area contributed by atoms with Gasteiger partial charge in [-0.15, -0.1) is 23.1 Å². The van der Waals surface area contributed by atoms with Gasteiger partial charge in [-0.3, -0.25) is 9.59 Å². The molecule has 2 aliphatic heterocycles. The molecule has 1 aromatic heterocycles. The van der Waals surface area contributed by atoms with Gasteiger partial charge < -0.3 is 25.9 Å². The van der Waals surface area contributed by atoms with Crippen LogP contribution in [0.15, 0.2) is 22.3 Å². The van der Waals surface area contributed by atoms with Crippen LogP contribution in [0, 0.1) is 0 Å². The summed E-state index contributed by atoms with van der Waals surface area (Å²) in [4.78, 5) is 44.9. The molecule has 2 amide bonds. The molecule has 15 heteroatoms. The number of alkyl halides is 3. The first-order valence-electron chi connectivity index (χ1n) is 7.73. The summed E-state index contributed by atoms with van der Waals surface area (Å²) in [7, 11) is 0. The third-order valence-corrected chi connectivity index (χ3v) is 5.70. The lowest BCUT2D eigenvalue weighted by Gasteiger charge is -2.46. The number of β-lactam (4-membered cyclic amide) rings is 1. The minimum Gasteiger partial charge on any atom is -0.478 e. The van der Waals surface area contributed by atoms with E-state index in [1.807, 2.05) is 0 Å². The average Bonchev–Trinajstić information content (AvgIpc) is 3.07. The van der Waals surface area contributed by atoms with Crippen LogP contribution in [0.3, 0.4) is 0 Å². The Morgan fingerprint density at radius 3 is 2.79 bits per heavy atom. The summed E-state index contributed by atoms with van der Waals surface area (Å²) < 4.78 is 36.9. The molecule has 4 N–H and O–H groups in total. The summed E-state index contributed by atoms with van der Waals surface area (Å²) in [6.45, 7) is -1.72. The minimum absolute atomic E-state index is 0.0325. The number of hydrogen-bond donors (Lipinski definition) is 3. The van der Waals surface area contributed by atoms with Crippen molar-refractivity contribution in [2.75, 3.05) is 18.1 Å². The number of carbonyl (C=O) groups is 3. The predicted molar refractivity (Wildman–Crippen MR) is 95.8 cm³/mol. The second kappa shape index (κ2) is 7.90. The van der Waals surface area contributed by atoms with Crippen molar-refractivity contribution in [2.24, 2.45) is 5.16 Å². The summed E-state index contributed by atoms with van der Waals surface area (Å²) in [5.41, 5.74) is 4.83. The Morgan fingerprint density at radius 2 is 2.21 bits per heavy atom. The van der Waals surface area contributed by atoms with Gasteiger partial charge in [0.15, 0.2) is 10.8 Å². The van der Waals surface area contributed by atoms with Crippen molar-refractivity contribution in [1.29, 1.82) is 0 Å². The van der Waals surface area contributed by atoms with Crippen molar-refractivity contribution in [3.05, 3.63) is 22.8 Å². The number of carboxylic acid groups (broad SMARTS) is 1. The van der Waals surface area contributed by atoms with Gasteiger partial charge in [-0.1, -0.05) is 5.16 Å². The maximum absolute atomic E-state index is 12.5.